The molecule has 2 amide bonds. The summed E-state index contributed by atoms with van der Waals surface area (Å²) >= 11 is 0. The number of aromatic nitrogens is 4. The van der Waals surface area contributed by atoms with Gasteiger partial charge in [-0.25, -0.2) is 9.97 Å². The van der Waals surface area contributed by atoms with Crippen molar-refractivity contribution in [2.75, 3.05) is 13.1 Å². The van der Waals surface area contributed by atoms with E-state index in [0.717, 1.165) is 12.8 Å². The second kappa shape index (κ2) is 6.55. The summed E-state index contributed by atoms with van der Waals surface area (Å²) in [7, 11) is 0. The van der Waals surface area contributed by atoms with Gasteiger partial charge in [0.1, 0.15) is 12.0 Å². The molecule has 120 valence electrons. The highest BCUT2D eigenvalue weighted by molar-refractivity contribution is 5.92. The monoisotopic (exact) mass is 314 g/mol. The predicted molar refractivity (Wildman–Crippen MR) is 81.9 cm³/mol. The second-order valence-corrected chi connectivity index (χ2v) is 5.49. The highest BCUT2D eigenvalue weighted by Gasteiger charge is 2.23. The van der Waals surface area contributed by atoms with Crippen molar-refractivity contribution in [2.45, 2.75) is 25.8 Å². The van der Waals surface area contributed by atoms with Gasteiger partial charge in [0.05, 0.1) is 12.4 Å². The molecule has 23 heavy (non-hydrogen) atoms. The molecule has 1 saturated heterocycles. The quantitative estimate of drug-likeness (QED) is 0.885. The summed E-state index contributed by atoms with van der Waals surface area (Å²) in [4.78, 5) is 37.8. The minimum absolute atomic E-state index is 0.0526. The lowest BCUT2D eigenvalue weighted by molar-refractivity contribution is -0.129. The van der Waals surface area contributed by atoms with Crippen LogP contribution in [0.2, 0.25) is 0 Å². The SMILES string of the molecule is CC(=O)N1CCC(NC(=O)c2cncc(-n3ccnc3)n2)CC1. The number of nitrogens with one attached hydrogen (secondary N) is 1. The molecule has 1 aliphatic heterocycles. The number of hydrogen-bond donors (Lipinski definition) is 1. The molecule has 1 N–H and O–H groups in total. The topological polar surface area (TPSA) is 93.0 Å². The van der Waals surface area contributed by atoms with Crippen molar-refractivity contribution in [1.29, 1.82) is 0 Å². The summed E-state index contributed by atoms with van der Waals surface area (Å²) in [6.45, 7) is 2.90. The van der Waals surface area contributed by atoms with Crippen molar-refractivity contribution in [3.8, 4) is 5.82 Å². The zero-order valence-electron chi connectivity index (χ0n) is 12.8. The van der Waals surface area contributed by atoms with Crippen LogP contribution < -0.4 is 5.32 Å². The number of likely N-dealkylation sites (tertiary alicyclic amines) is 1. The lowest BCUT2D eigenvalue weighted by atomic mass is 10.0. The molecule has 8 nitrogen and oxygen atoms in total. The van der Waals surface area contributed by atoms with Crippen LogP contribution in [0.4, 0.5) is 0 Å². The van der Waals surface area contributed by atoms with Crippen LogP contribution in [0.25, 0.3) is 5.82 Å². The first-order chi connectivity index (χ1) is 11.1. The summed E-state index contributed by atoms with van der Waals surface area (Å²) < 4.78 is 1.69. The van der Waals surface area contributed by atoms with E-state index in [1.807, 2.05) is 0 Å². The first-order valence-corrected chi connectivity index (χ1v) is 7.50. The van der Waals surface area contributed by atoms with Crippen LogP contribution in [-0.2, 0) is 4.79 Å². The Morgan fingerprint density at radius 2 is 2.00 bits per heavy atom. The number of amides is 2. The van der Waals surface area contributed by atoms with Gasteiger partial charge in [0.25, 0.3) is 5.91 Å². The Balaban J connectivity index is 1.63. The minimum atomic E-state index is -0.249. The molecule has 3 heterocycles. The number of carbonyl (C=O) groups is 2. The van der Waals surface area contributed by atoms with Crippen LogP contribution in [-0.4, -0.2) is 55.4 Å². The maximum atomic E-state index is 12.3. The van der Waals surface area contributed by atoms with Gasteiger partial charge >= 0.3 is 0 Å². The number of nitrogens with zero attached hydrogens (tertiary/aromatic N) is 5. The Hall–Kier alpha value is -2.77. The molecule has 1 aliphatic rings. The average molecular weight is 314 g/mol. The van der Waals surface area contributed by atoms with Crippen LogP contribution in [0.1, 0.15) is 30.3 Å². The summed E-state index contributed by atoms with van der Waals surface area (Å²) in [5.41, 5.74) is 0.269. The fourth-order valence-electron chi connectivity index (χ4n) is 2.58. The van der Waals surface area contributed by atoms with E-state index in [0.29, 0.717) is 18.9 Å². The standard InChI is InChI=1S/C15H18N6O2/c1-11(22)20-5-2-12(3-6-20)18-15(23)13-8-17-9-14(19-13)21-7-4-16-10-21/h4,7-10,12H,2-3,5-6H2,1H3,(H,18,23). The molecule has 0 aliphatic carbocycles. The van der Waals surface area contributed by atoms with Crippen LogP contribution in [0.15, 0.2) is 31.1 Å². The maximum Gasteiger partial charge on any atom is 0.271 e. The summed E-state index contributed by atoms with van der Waals surface area (Å²) in [6, 6.07) is 0.0526. The molecule has 8 heteroatoms. The highest BCUT2D eigenvalue weighted by atomic mass is 16.2. The van der Waals surface area contributed by atoms with Crippen molar-refractivity contribution in [1.82, 2.24) is 29.7 Å². The molecule has 0 unspecified atom stereocenters. The third-order valence-electron chi connectivity index (χ3n) is 3.90. The minimum Gasteiger partial charge on any atom is -0.348 e. The zero-order chi connectivity index (χ0) is 16.2. The fourth-order valence-corrected chi connectivity index (χ4v) is 2.58. The van der Waals surface area contributed by atoms with Gasteiger partial charge < -0.3 is 10.2 Å². The Morgan fingerprint density at radius 1 is 1.22 bits per heavy atom. The molecular weight excluding hydrogens is 296 g/mol. The van der Waals surface area contributed by atoms with Crippen LogP contribution >= 0.6 is 0 Å². The van der Waals surface area contributed by atoms with Crippen molar-refractivity contribution < 1.29 is 9.59 Å². The largest absolute Gasteiger partial charge is 0.348 e. The summed E-state index contributed by atoms with van der Waals surface area (Å²) in [6.07, 6.45) is 9.49. The number of imidazole rings is 1. The van der Waals surface area contributed by atoms with Crippen LogP contribution in [0, 0.1) is 0 Å². The average Bonchev–Trinajstić information content (AvgIpc) is 3.10. The molecule has 0 radical (unpaired) electrons. The molecule has 3 rings (SSSR count). The molecule has 0 aromatic carbocycles. The Labute approximate surface area is 133 Å². The maximum absolute atomic E-state index is 12.3. The summed E-state index contributed by atoms with van der Waals surface area (Å²) in [5.74, 6) is 0.371. The van der Waals surface area contributed by atoms with Gasteiger partial charge in [-0.1, -0.05) is 0 Å². The molecule has 0 atom stereocenters. The molecule has 0 bridgehead atoms. The Morgan fingerprint density at radius 3 is 2.65 bits per heavy atom. The van der Waals surface area contributed by atoms with E-state index in [4.69, 9.17) is 0 Å². The smallest absolute Gasteiger partial charge is 0.271 e. The predicted octanol–water partition coefficient (Wildman–Crippen LogP) is 0.403. The number of hydrogen-bond acceptors (Lipinski definition) is 5. The second-order valence-electron chi connectivity index (χ2n) is 5.49. The van der Waals surface area contributed by atoms with Gasteiger partial charge in [-0.15, -0.1) is 0 Å². The Kier molecular flexibility index (Phi) is 4.31. The van der Waals surface area contributed by atoms with E-state index in [1.165, 1.54) is 6.20 Å². The normalized spacial score (nSPS) is 15.4. The Bertz CT molecular complexity index is 692. The highest BCUT2D eigenvalue weighted by Crippen LogP contribution is 2.11. The lowest BCUT2D eigenvalue weighted by Crippen LogP contribution is -2.46. The van der Waals surface area contributed by atoms with Crippen molar-refractivity contribution in [3.05, 3.63) is 36.8 Å². The molecule has 0 spiro atoms. The van der Waals surface area contributed by atoms with Crippen LogP contribution in [0.5, 0.6) is 0 Å². The van der Waals surface area contributed by atoms with E-state index in [1.54, 1.807) is 41.3 Å². The third kappa shape index (κ3) is 3.53. The third-order valence-corrected chi connectivity index (χ3v) is 3.90. The lowest BCUT2D eigenvalue weighted by Gasteiger charge is -2.31. The van der Waals surface area contributed by atoms with Crippen molar-refractivity contribution in [3.63, 3.8) is 0 Å². The fraction of sp³-hybridized carbons (Fsp3) is 0.400. The first kappa shape index (κ1) is 15.1. The van der Waals surface area contributed by atoms with Gasteiger partial charge in [-0.2, -0.15) is 0 Å². The van der Waals surface area contributed by atoms with E-state index >= 15 is 0 Å². The van der Waals surface area contributed by atoms with E-state index in [-0.39, 0.29) is 23.6 Å². The molecular formula is C15H18N6O2. The van der Waals surface area contributed by atoms with Gasteiger partial charge in [-0.3, -0.25) is 19.1 Å². The van der Waals surface area contributed by atoms with Gasteiger partial charge in [0.2, 0.25) is 5.91 Å². The van der Waals surface area contributed by atoms with Gasteiger partial charge in [0, 0.05) is 38.4 Å². The number of piperidine rings is 1. The summed E-state index contributed by atoms with van der Waals surface area (Å²) in [5, 5.41) is 2.96. The number of rotatable bonds is 3. The van der Waals surface area contributed by atoms with Crippen molar-refractivity contribution >= 4 is 11.8 Å². The van der Waals surface area contributed by atoms with Crippen LogP contribution in [0.3, 0.4) is 0 Å². The molecule has 2 aromatic heterocycles. The van der Waals surface area contributed by atoms with Gasteiger partial charge in [0.15, 0.2) is 5.82 Å². The van der Waals surface area contributed by atoms with E-state index in [2.05, 4.69) is 20.3 Å². The van der Waals surface area contributed by atoms with Gasteiger partial charge in [-0.05, 0) is 12.8 Å². The first-order valence-electron chi connectivity index (χ1n) is 7.50. The van der Waals surface area contributed by atoms with Crippen molar-refractivity contribution in [2.24, 2.45) is 0 Å². The number of carbonyl (C=O) groups excluding carboxylic acids is 2. The van der Waals surface area contributed by atoms with E-state index < -0.39 is 0 Å². The zero-order valence-corrected chi connectivity index (χ0v) is 12.8. The molecule has 1 fully saturated rings. The molecule has 2 aromatic rings. The molecule has 0 saturated carbocycles. The van der Waals surface area contributed by atoms with E-state index in [9.17, 15) is 9.59 Å².